The van der Waals surface area contributed by atoms with Gasteiger partial charge in [-0.1, -0.05) is 12.1 Å². The number of aromatic nitrogens is 2. The number of hydrogen-bond donors (Lipinski definition) is 0. The predicted molar refractivity (Wildman–Crippen MR) is 102 cm³/mol. The van der Waals surface area contributed by atoms with Gasteiger partial charge in [0.2, 0.25) is 5.78 Å². The van der Waals surface area contributed by atoms with Gasteiger partial charge in [-0.2, -0.15) is 0 Å². The fourth-order valence-electron chi connectivity index (χ4n) is 2.69. The van der Waals surface area contributed by atoms with Gasteiger partial charge in [-0.15, -0.1) is 0 Å². The summed E-state index contributed by atoms with van der Waals surface area (Å²) < 4.78 is 0. The molecule has 0 saturated heterocycles. The smallest absolute Gasteiger partial charge is 0.396 e. The number of carbonyl (C=O) groups is 1. The van der Waals surface area contributed by atoms with Crippen molar-refractivity contribution in [1.29, 1.82) is 0 Å². The molecule has 0 spiro atoms. The number of rotatable bonds is 4. The third kappa shape index (κ3) is 4.08. The van der Waals surface area contributed by atoms with Crippen LogP contribution in [0.25, 0.3) is 0 Å². The summed E-state index contributed by atoms with van der Waals surface area (Å²) in [6.45, 7) is 0. The molecule has 2 radical (unpaired) electrons. The monoisotopic (exact) mass is 537 g/mol. The van der Waals surface area contributed by atoms with Crippen molar-refractivity contribution >= 4 is 32.5 Å². The molecule has 2 aliphatic rings. The average Bonchev–Trinajstić information content (AvgIpc) is 3.30. The fourth-order valence-corrected chi connectivity index (χ4v) is 2.69. The van der Waals surface area contributed by atoms with E-state index in [9.17, 15) is 4.79 Å². The Kier molecular flexibility index (Phi) is 5.70. The van der Waals surface area contributed by atoms with Gasteiger partial charge in [0.25, 0.3) is 0 Å². The molecule has 0 saturated carbocycles. The minimum absolute atomic E-state index is 0. The van der Waals surface area contributed by atoms with Crippen LogP contribution in [0, 0.1) is 0 Å². The van der Waals surface area contributed by atoms with Crippen molar-refractivity contribution in [3.05, 3.63) is 72.6 Å². The van der Waals surface area contributed by atoms with Gasteiger partial charge in [-0.25, -0.2) is 9.97 Å². The van der Waals surface area contributed by atoms with Gasteiger partial charge >= 0.3 is 15.1 Å². The van der Waals surface area contributed by atoms with Gasteiger partial charge in [0.15, 0.2) is 0 Å². The quantitative estimate of drug-likeness (QED) is 0.430. The Bertz CT molecular complexity index is 837. The van der Waals surface area contributed by atoms with Crippen molar-refractivity contribution < 1.29 is 25.9 Å². The first-order chi connectivity index (χ1) is 12.6. The summed E-state index contributed by atoms with van der Waals surface area (Å²) >= 11 is 0. The normalized spacial score (nSPS) is 14.9. The molecule has 0 aromatic carbocycles. The van der Waals surface area contributed by atoms with Crippen LogP contribution in [-0.4, -0.2) is 54.6 Å². The molecular formula is C17H16B2N6OPt. The van der Waals surface area contributed by atoms with E-state index < -0.39 is 0 Å². The molecule has 0 atom stereocenters. The van der Waals surface area contributed by atoms with Crippen molar-refractivity contribution in [2.45, 2.75) is 0 Å². The summed E-state index contributed by atoms with van der Waals surface area (Å²) in [6.07, 6.45) is 7.61. The first-order valence-corrected chi connectivity index (χ1v) is 8.16. The van der Waals surface area contributed by atoms with E-state index in [1.54, 1.807) is 12.1 Å². The summed E-state index contributed by atoms with van der Waals surface area (Å²) in [5, 5.41) is 0. The molecule has 7 nitrogen and oxygen atoms in total. The van der Waals surface area contributed by atoms with Crippen LogP contribution < -0.4 is 9.62 Å². The van der Waals surface area contributed by atoms with Crippen LogP contribution in [-0.2, 0) is 21.1 Å². The first-order valence-electron chi connectivity index (χ1n) is 8.16. The van der Waals surface area contributed by atoms with Gasteiger partial charge in [-0.05, 0) is 38.4 Å². The molecule has 2 aromatic heterocycles. The minimum Gasteiger partial charge on any atom is -0.406 e. The van der Waals surface area contributed by atoms with Gasteiger partial charge in [-0.3, -0.25) is 4.79 Å². The van der Waals surface area contributed by atoms with E-state index >= 15 is 0 Å². The second kappa shape index (κ2) is 8.01. The van der Waals surface area contributed by atoms with Crippen LogP contribution in [0.5, 0.6) is 0 Å². The van der Waals surface area contributed by atoms with Crippen molar-refractivity contribution in [1.82, 2.24) is 19.6 Å². The van der Waals surface area contributed by atoms with Crippen molar-refractivity contribution in [3.8, 4) is 0 Å². The molecule has 2 aliphatic heterocycles. The molecule has 136 valence electrons. The van der Waals surface area contributed by atoms with E-state index in [2.05, 4.69) is 9.97 Å². The summed E-state index contributed by atoms with van der Waals surface area (Å²) in [4.78, 5) is 29.4. The maximum absolute atomic E-state index is 12.9. The summed E-state index contributed by atoms with van der Waals surface area (Å²) in [5.74, 6) is 1.16. The zero-order chi connectivity index (χ0) is 18.1. The minimum atomic E-state index is -0.207. The number of ketones is 1. The second-order valence-electron chi connectivity index (χ2n) is 6.06. The van der Waals surface area contributed by atoms with Gasteiger partial charge < -0.3 is 19.2 Å². The first kappa shape index (κ1) is 19.2. The zero-order valence-corrected chi connectivity index (χ0v) is 17.1. The number of hydrogen-bond acceptors (Lipinski definition) is 7. The van der Waals surface area contributed by atoms with Gasteiger partial charge in [0.1, 0.15) is 23.0 Å². The Morgan fingerprint density at radius 3 is 1.59 bits per heavy atom. The van der Waals surface area contributed by atoms with E-state index in [-0.39, 0.29) is 26.8 Å². The third-order valence-corrected chi connectivity index (χ3v) is 4.00. The van der Waals surface area contributed by atoms with Crippen LogP contribution in [0.1, 0.15) is 16.2 Å². The van der Waals surface area contributed by atoms with Crippen molar-refractivity contribution in [2.24, 2.45) is 0 Å². The molecule has 0 amide bonds. The Morgan fingerprint density at radius 2 is 1.22 bits per heavy atom. The molecular weight excluding hydrogens is 521 g/mol. The van der Waals surface area contributed by atoms with E-state index in [1.807, 2.05) is 97.5 Å². The molecule has 0 unspecified atom stereocenters. The number of pyridine rings is 2. The van der Waals surface area contributed by atoms with E-state index in [1.165, 1.54) is 0 Å². The average molecular weight is 537 g/mol. The Morgan fingerprint density at radius 1 is 0.778 bits per heavy atom. The SMILES string of the molecule is CN1[B]N(c2cccc(C(=O)c3cccc(N4[B]N(C)C=C4)n3)n2)C=C1.[Pt]. The molecule has 0 aliphatic carbocycles. The third-order valence-electron chi connectivity index (χ3n) is 4.00. The molecule has 0 fully saturated rings. The largest absolute Gasteiger partial charge is 0.406 e. The van der Waals surface area contributed by atoms with Crippen molar-refractivity contribution in [3.63, 3.8) is 0 Å². The van der Waals surface area contributed by atoms with Crippen molar-refractivity contribution in [2.75, 3.05) is 23.7 Å². The Balaban J connectivity index is 0.00000210. The predicted octanol–water partition coefficient (Wildman–Crippen LogP) is 1.22. The maximum Gasteiger partial charge on any atom is 0.396 e. The molecule has 10 heteroatoms. The van der Waals surface area contributed by atoms with E-state index in [0.29, 0.717) is 23.0 Å². The van der Waals surface area contributed by atoms with Crippen LogP contribution in [0.4, 0.5) is 11.6 Å². The summed E-state index contributed by atoms with van der Waals surface area (Å²) in [5.41, 5.74) is 0.725. The van der Waals surface area contributed by atoms with E-state index in [0.717, 1.165) is 0 Å². The molecule has 0 N–H and O–H groups in total. The zero-order valence-electron chi connectivity index (χ0n) is 14.8. The number of nitrogens with zero attached hydrogens (tertiary/aromatic N) is 6. The molecule has 0 bridgehead atoms. The second-order valence-corrected chi connectivity index (χ2v) is 6.06. The fraction of sp³-hybridized carbons (Fsp3) is 0.118. The van der Waals surface area contributed by atoms with E-state index in [4.69, 9.17) is 0 Å². The van der Waals surface area contributed by atoms with Crippen LogP contribution in [0.2, 0.25) is 0 Å². The molecule has 4 heterocycles. The summed E-state index contributed by atoms with van der Waals surface area (Å²) in [6, 6.07) is 10.8. The topological polar surface area (TPSA) is 55.8 Å². The molecule has 27 heavy (non-hydrogen) atoms. The Hall–Kier alpha value is -2.53. The van der Waals surface area contributed by atoms with Crippen LogP contribution in [0.3, 0.4) is 0 Å². The Labute approximate surface area is 174 Å². The van der Waals surface area contributed by atoms with Crippen LogP contribution >= 0.6 is 0 Å². The van der Waals surface area contributed by atoms with Crippen LogP contribution in [0.15, 0.2) is 61.2 Å². The number of carbonyl (C=O) groups excluding carboxylic acids is 1. The molecule has 4 rings (SSSR count). The molecule has 2 aromatic rings. The van der Waals surface area contributed by atoms with Gasteiger partial charge in [0, 0.05) is 45.9 Å². The number of anilines is 2. The summed E-state index contributed by atoms with van der Waals surface area (Å²) in [7, 11) is 7.65. The standard InChI is InChI=1S/C17H16B2N6O.Pt/c1-22-9-11-24(18-22)15-7-3-5-13(20-15)17(26)14-6-4-8-16(21-14)25-12-10-23(2)19-25;/h3-12H,1-2H3;. The van der Waals surface area contributed by atoms with Gasteiger partial charge in [0.05, 0.1) is 0 Å². The maximum atomic E-state index is 12.9.